The zero-order chi connectivity index (χ0) is 27.8. The second-order valence-electron chi connectivity index (χ2n) is 12.1. The Bertz CT molecular complexity index is 1750. The van der Waals surface area contributed by atoms with Crippen LogP contribution in [0.1, 0.15) is 60.4 Å². The van der Waals surface area contributed by atoms with Crippen molar-refractivity contribution in [3.8, 4) is 11.1 Å². The van der Waals surface area contributed by atoms with Crippen LogP contribution in [-0.2, 0) is 0 Å². The zero-order valence-electron chi connectivity index (χ0n) is 24.4. The van der Waals surface area contributed by atoms with Crippen LogP contribution < -0.4 is 8.79 Å². The molecule has 5 aromatic rings. The molecule has 1 unspecified atom stereocenters. The van der Waals surface area contributed by atoms with E-state index in [4.69, 9.17) is 0 Å². The quantitative estimate of drug-likeness (QED) is 0.189. The van der Waals surface area contributed by atoms with Gasteiger partial charge in [-0.3, -0.25) is 0 Å². The van der Waals surface area contributed by atoms with Crippen molar-refractivity contribution in [2.75, 3.05) is 0 Å². The predicted molar refractivity (Wildman–Crippen MR) is 174 cm³/mol. The van der Waals surface area contributed by atoms with Gasteiger partial charge in [-0.1, -0.05) is 0 Å². The van der Waals surface area contributed by atoms with E-state index in [2.05, 4.69) is 144 Å². The normalized spacial score (nSPS) is 16.4. The SMILES string of the molecule is Cc1cc(C)[c]([Ge]2([c]3c(C)cc(C)cc3C)[CH]=C(c3ccccc3)c3cccc4c3[CH]2c2ccccc2-4)c(C)c1. The molecule has 0 aromatic heterocycles. The van der Waals surface area contributed by atoms with Gasteiger partial charge in [0.15, 0.2) is 0 Å². The van der Waals surface area contributed by atoms with Gasteiger partial charge in [0.1, 0.15) is 0 Å². The van der Waals surface area contributed by atoms with Gasteiger partial charge in [0, 0.05) is 0 Å². The molecule has 0 saturated heterocycles. The molecule has 0 amide bonds. The molecule has 0 saturated carbocycles. The molecule has 40 heavy (non-hydrogen) atoms. The summed E-state index contributed by atoms with van der Waals surface area (Å²) in [6, 6.07) is 37.2. The molecule has 0 bridgehead atoms. The summed E-state index contributed by atoms with van der Waals surface area (Å²) in [7, 11) is 0. The van der Waals surface area contributed by atoms with Crippen molar-refractivity contribution in [2.24, 2.45) is 0 Å². The Balaban J connectivity index is 1.74. The number of fused-ring (bicyclic) bond motifs is 3. The molecule has 5 aromatic carbocycles. The molecule has 1 atom stereocenters. The first kappa shape index (κ1) is 25.4. The fraction of sp³-hybridized carbons (Fsp3) is 0.179. The van der Waals surface area contributed by atoms with Gasteiger partial charge in [-0.05, 0) is 0 Å². The summed E-state index contributed by atoms with van der Waals surface area (Å²) in [5, 5.41) is 0. The minimum atomic E-state index is -3.44. The second-order valence-corrected chi connectivity index (χ2v) is 19.7. The minimum absolute atomic E-state index is 0.370. The Hall–Kier alpha value is -3.62. The van der Waals surface area contributed by atoms with Crippen LogP contribution in [0.5, 0.6) is 0 Å². The molecular weight excluding hydrogens is 541 g/mol. The van der Waals surface area contributed by atoms with Crippen LogP contribution in [0, 0.1) is 41.5 Å². The number of aryl methyl sites for hydroxylation is 6. The molecule has 0 radical (unpaired) electrons. The van der Waals surface area contributed by atoms with Gasteiger partial charge in [-0.15, -0.1) is 0 Å². The second kappa shape index (κ2) is 9.21. The van der Waals surface area contributed by atoms with Crippen molar-refractivity contribution < 1.29 is 0 Å². The molecule has 2 aliphatic rings. The van der Waals surface area contributed by atoms with Crippen LogP contribution in [0.15, 0.2) is 102 Å². The summed E-state index contributed by atoms with van der Waals surface area (Å²) in [4.78, 5) is 2.85. The Labute approximate surface area is 241 Å². The third-order valence-corrected chi connectivity index (χ3v) is 20.9. The van der Waals surface area contributed by atoms with E-state index in [0.717, 1.165) is 0 Å². The molecule has 1 heteroatoms. The molecule has 1 heterocycles. The third kappa shape index (κ3) is 3.52. The molecule has 1 aliphatic carbocycles. The van der Waals surface area contributed by atoms with Crippen molar-refractivity contribution in [1.29, 1.82) is 0 Å². The predicted octanol–water partition coefficient (Wildman–Crippen LogP) is 8.44. The molecule has 1 aliphatic heterocycles. The summed E-state index contributed by atoms with van der Waals surface area (Å²) in [5.41, 5.74) is 18.6. The maximum absolute atomic E-state index is 3.44. The van der Waals surface area contributed by atoms with Crippen LogP contribution in [0.4, 0.5) is 0 Å². The van der Waals surface area contributed by atoms with Crippen molar-refractivity contribution in [2.45, 2.75) is 46.3 Å². The number of rotatable bonds is 3. The van der Waals surface area contributed by atoms with Gasteiger partial charge >= 0.3 is 243 Å². The van der Waals surface area contributed by atoms with E-state index in [0.29, 0.717) is 4.75 Å². The van der Waals surface area contributed by atoms with E-state index in [-0.39, 0.29) is 0 Å². The Kier molecular flexibility index (Phi) is 5.84. The Morgan fingerprint density at radius 1 is 0.500 bits per heavy atom. The number of benzene rings is 5. The molecule has 196 valence electrons. The standard InChI is InChI=1S/C39H36Ge/c1-24-19-26(3)37(27(4)20-24)40(38-28(5)21-25(2)22-29(38)6)23-35(30-13-8-7-9-14-30)33-18-12-17-32-31-15-10-11-16-34(31)39(40)36(32)33/h7-23,39H,1-6H3. The van der Waals surface area contributed by atoms with Gasteiger partial charge in [-0.25, -0.2) is 0 Å². The fourth-order valence-corrected chi connectivity index (χ4v) is 22.0. The summed E-state index contributed by atoms with van der Waals surface area (Å²) in [5.74, 6) is 0. The number of hydrogen-bond donors (Lipinski definition) is 0. The molecule has 7 rings (SSSR count). The van der Waals surface area contributed by atoms with Gasteiger partial charge in [0.25, 0.3) is 0 Å². The van der Waals surface area contributed by atoms with Gasteiger partial charge < -0.3 is 0 Å². The van der Waals surface area contributed by atoms with Crippen molar-refractivity contribution in [3.05, 3.63) is 158 Å². The van der Waals surface area contributed by atoms with Crippen LogP contribution in [0.2, 0.25) is 0 Å². The average molecular weight is 577 g/mol. The summed E-state index contributed by atoms with van der Waals surface area (Å²) < 4.78 is 3.64. The topological polar surface area (TPSA) is 0 Å². The van der Waals surface area contributed by atoms with Crippen LogP contribution >= 0.6 is 0 Å². The van der Waals surface area contributed by atoms with Crippen LogP contribution in [-0.4, -0.2) is 13.3 Å². The summed E-state index contributed by atoms with van der Waals surface area (Å²) >= 11 is -3.44. The van der Waals surface area contributed by atoms with Gasteiger partial charge in [-0.2, -0.15) is 0 Å². The molecule has 0 nitrogen and oxygen atoms in total. The first-order chi connectivity index (χ1) is 19.3. The van der Waals surface area contributed by atoms with Crippen LogP contribution in [0.3, 0.4) is 0 Å². The Morgan fingerprint density at radius 2 is 1.00 bits per heavy atom. The van der Waals surface area contributed by atoms with E-state index in [9.17, 15) is 0 Å². The van der Waals surface area contributed by atoms with E-state index in [1.165, 1.54) is 66.8 Å². The summed E-state index contributed by atoms with van der Waals surface area (Å²) in [6.07, 6.45) is 0. The monoisotopic (exact) mass is 578 g/mol. The first-order valence-electron chi connectivity index (χ1n) is 14.5. The zero-order valence-corrected chi connectivity index (χ0v) is 26.5. The van der Waals surface area contributed by atoms with E-state index < -0.39 is 13.3 Å². The van der Waals surface area contributed by atoms with E-state index in [1.807, 2.05) is 0 Å². The molecule has 0 spiro atoms. The fourth-order valence-electron chi connectivity index (χ4n) is 8.44. The van der Waals surface area contributed by atoms with Gasteiger partial charge in [0.05, 0.1) is 0 Å². The third-order valence-electron chi connectivity index (χ3n) is 9.34. The maximum atomic E-state index is 2.85. The summed E-state index contributed by atoms with van der Waals surface area (Å²) in [6.45, 7) is 14.0. The average Bonchev–Trinajstić information content (AvgIpc) is 3.26. The molecule has 0 N–H and O–H groups in total. The van der Waals surface area contributed by atoms with E-state index >= 15 is 0 Å². The Morgan fingerprint density at radius 3 is 1.60 bits per heavy atom. The van der Waals surface area contributed by atoms with E-state index in [1.54, 1.807) is 14.4 Å². The number of hydrogen-bond acceptors (Lipinski definition) is 0. The van der Waals surface area contributed by atoms with Crippen molar-refractivity contribution >= 4 is 27.6 Å². The molecular formula is C39H36Ge. The first-order valence-corrected chi connectivity index (χ1v) is 19.0. The van der Waals surface area contributed by atoms with Crippen molar-refractivity contribution in [1.82, 2.24) is 0 Å². The van der Waals surface area contributed by atoms with Crippen LogP contribution in [0.25, 0.3) is 16.7 Å². The van der Waals surface area contributed by atoms with Gasteiger partial charge in [0.2, 0.25) is 0 Å². The van der Waals surface area contributed by atoms with Crippen molar-refractivity contribution in [3.63, 3.8) is 0 Å². The molecule has 0 fully saturated rings.